The summed E-state index contributed by atoms with van der Waals surface area (Å²) >= 11 is 1.44. The minimum Gasteiger partial charge on any atom is -0.351 e. The van der Waals surface area contributed by atoms with E-state index in [4.69, 9.17) is 0 Å². The summed E-state index contributed by atoms with van der Waals surface area (Å²) < 4.78 is 1.51. The number of thiophene rings is 1. The third-order valence-corrected chi connectivity index (χ3v) is 4.68. The number of hydrogen-bond acceptors (Lipinski definition) is 4. The van der Waals surface area contributed by atoms with Gasteiger partial charge < -0.3 is 10.3 Å². The van der Waals surface area contributed by atoms with Crippen LogP contribution in [0.3, 0.4) is 0 Å². The molecule has 0 atom stereocenters. The van der Waals surface area contributed by atoms with Gasteiger partial charge in [-0.2, -0.15) is 0 Å². The first-order valence-corrected chi connectivity index (χ1v) is 8.39. The first-order chi connectivity index (χ1) is 11.7. The molecule has 0 spiro atoms. The Kier molecular flexibility index (Phi) is 3.62. The normalized spacial score (nSPS) is 11.2. The van der Waals surface area contributed by atoms with Gasteiger partial charge in [-0.3, -0.25) is 14.2 Å². The molecule has 1 aromatic carbocycles. The Morgan fingerprint density at radius 2 is 2.17 bits per heavy atom. The van der Waals surface area contributed by atoms with Crippen molar-refractivity contribution in [1.82, 2.24) is 19.9 Å². The lowest BCUT2D eigenvalue weighted by molar-refractivity contribution is 0.0948. The van der Waals surface area contributed by atoms with Crippen LogP contribution >= 0.6 is 11.3 Å². The summed E-state index contributed by atoms with van der Waals surface area (Å²) in [4.78, 5) is 32.5. The van der Waals surface area contributed by atoms with E-state index < -0.39 is 0 Å². The van der Waals surface area contributed by atoms with E-state index in [9.17, 15) is 9.59 Å². The van der Waals surface area contributed by atoms with Crippen molar-refractivity contribution in [1.29, 1.82) is 0 Å². The number of amides is 1. The van der Waals surface area contributed by atoms with Crippen molar-refractivity contribution in [3.8, 4) is 0 Å². The van der Waals surface area contributed by atoms with Crippen LogP contribution in [0.2, 0.25) is 0 Å². The topological polar surface area (TPSA) is 79.8 Å². The molecule has 0 aliphatic heterocycles. The van der Waals surface area contributed by atoms with Gasteiger partial charge in [0.1, 0.15) is 10.5 Å². The number of aromatic nitrogens is 3. The molecule has 6 nitrogen and oxygen atoms in total. The summed E-state index contributed by atoms with van der Waals surface area (Å²) in [6.07, 6.45) is 1.52. The number of nitrogens with one attached hydrogen (secondary N) is 2. The zero-order valence-electron chi connectivity index (χ0n) is 12.7. The van der Waals surface area contributed by atoms with Crippen molar-refractivity contribution in [2.45, 2.75) is 6.54 Å². The van der Waals surface area contributed by atoms with Gasteiger partial charge in [-0.05, 0) is 23.6 Å². The second-order valence-corrected chi connectivity index (χ2v) is 6.30. The number of nitrogens with zero attached hydrogens (tertiary/aromatic N) is 2. The van der Waals surface area contributed by atoms with Gasteiger partial charge in [-0.15, -0.1) is 11.3 Å². The van der Waals surface area contributed by atoms with Gasteiger partial charge in [-0.1, -0.05) is 18.2 Å². The lowest BCUT2D eigenvalue weighted by atomic mass is 10.2. The molecule has 0 saturated heterocycles. The van der Waals surface area contributed by atoms with Crippen LogP contribution in [0.5, 0.6) is 0 Å². The predicted molar refractivity (Wildman–Crippen MR) is 94.5 cm³/mol. The van der Waals surface area contributed by atoms with Crippen LogP contribution in [0, 0.1) is 0 Å². The maximum absolute atomic E-state index is 12.3. The molecule has 2 N–H and O–H groups in total. The van der Waals surface area contributed by atoms with E-state index in [0.717, 1.165) is 15.7 Å². The second-order valence-electron chi connectivity index (χ2n) is 5.41. The maximum Gasteiger partial charge on any atom is 0.267 e. The quantitative estimate of drug-likeness (QED) is 0.599. The number of carbonyl (C=O) groups excluding carboxylic acids is 1. The molecule has 120 valence electrons. The molecule has 0 unspecified atom stereocenters. The molecule has 4 rings (SSSR count). The maximum atomic E-state index is 12.3. The molecule has 0 saturated carbocycles. The van der Waals surface area contributed by atoms with Crippen molar-refractivity contribution >= 4 is 38.4 Å². The third kappa shape index (κ3) is 2.59. The van der Waals surface area contributed by atoms with Crippen molar-refractivity contribution in [3.05, 3.63) is 64.2 Å². The van der Waals surface area contributed by atoms with E-state index >= 15 is 0 Å². The van der Waals surface area contributed by atoms with E-state index in [1.807, 2.05) is 35.7 Å². The van der Waals surface area contributed by atoms with E-state index in [0.29, 0.717) is 24.2 Å². The van der Waals surface area contributed by atoms with Crippen molar-refractivity contribution in [2.75, 3.05) is 6.54 Å². The fraction of sp³-hybridized carbons (Fsp3) is 0.118. The molecule has 3 aromatic heterocycles. The summed E-state index contributed by atoms with van der Waals surface area (Å²) in [5, 5.41) is 6.28. The Hall–Kier alpha value is -2.93. The summed E-state index contributed by atoms with van der Waals surface area (Å²) in [5.41, 5.74) is 1.35. The SMILES string of the molecule is O=C(NCCn1cnc2sccc2c1=O)c1cc2ccccc2[nH]1. The number of carbonyl (C=O) groups is 1. The number of H-pyrrole nitrogens is 1. The molecule has 0 bridgehead atoms. The van der Waals surface area contributed by atoms with Crippen LogP contribution in [-0.2, 0) is 6.54 Å². The third-order valence-electron chi connectivity index (χ3n) is 3.86. The number of hydrogen-bond donors (Lipinski definition) is 2. The van der Waals surface area contributed by atoms with Gasteiger partial charge in [0.15, 0.2) is 0 Å². The standard InChI is InChI=1S/C17H14N4O2S/c22-15(14-9-11-3-1-2-4-13(11)20-14)18-6-7-21-10-19-16-12(17(21)23)5-8-24-16/h1-5,8-10,20H,6-7H2,(H,18,22). The molecule has 0 aliphatic carbocycles. The fourth-order valence-corrected chi connectivity index (χ4v) is 3.36. The smallest absolute Gasteiger partial charge is 0.267 e. The lowest BCUT2D eigenvalue weighted by Crippen LogP contribution is -2.31. The molecule has 0 aliphatic rings. The Morgan fingerprint density at radius 1 is 1.29 bits per heavy atom. The molecule has 4 aromatic rings. The number of benzene rings is 1. The van der Waals surface area contributed by atoms with Crippen molar-refractivity contribution in [3.63, 3.8) is 0 Å². The van der Waals surface area contributed by atoms with Crippen LogP contribution in [0.4, 0.5) is 0 Å². The predicted octanol–water partition coefficient (Wildman–Crippen LogP) is 2.37. The molecule has 0 fully saturated rings. The molecular formula is C17H14N4O2S. The van der Waals surface area contributed by atoms with E-state index in [1.54, 1.807) is 6.07 Å². The fourth-order valence-electron chi connectivity index (χ4n) is 2.63. The number of fused-ring (bicyclic) bond motifs is 2. The van der Waals surface area contributed by atoms with Gasteiger partial charge in [0.05, 0.1) is 11.7 Å². The Morgan fingerprint density at radius 3 is 3.04 bits per heavy atom. The molecule has 24 heavy (non-hydrogen) atoms. The lowest BCUT2D eigenvalue weighted by Gasteiger charge is -2.06. The van der Waals surface area contributed by atoms with Crippen LogP contribution in [0.1, 0.15) is 10.5 Å². The van der Waals surface area contributed by atoms with Gasteiger partial charge in [0.25, 0.3) is 11.5 Å². The van der Waals surface area contributed by atoms with E-state index in [2.05, 4.69) is 15.3 Å². The van der Waals surface area contributed by atoms with Gasteiger partial charge >= 0.3 is 0 Å². The summed E-state index contributed by atoms with van der Waals surface area (Å²) in [6, 6.07) is 11.3. The summed E-state index contributed by atoms with van der Waals surface area (Å²) in [7, 11) is 0. The highest BCUT2D eigenvalue weighted by Gasteiger charge is 2.09. The number of rotatable bonds is 4. The zero-order chi connectivity index (χ0) is 16.5. The number of aromatic amines is 1. The summed E-state index contributed by atoms with van der Waals surface area (Å²) in [6.45, 7) is 0.731. The van der Waals surface area contributed by atoms with Gasteiger partial charge in [-0.25, -0.2) is 4.98 Å². The van der Waals surface area contributed by atoms with Crippen molar-refractivity contribution < 1.29 is 4.79 Å². The Bertz CT molecular complexity index is 1060. The van der Waals surface area contributed by atoms with Crippen LogP contribution < -0.4 is 10.9 Å². The van der Waals surface area contributed by atoms with E-state index in [1.165, 1.54) is 22.2 Å². The Balaban J connectivity index is 1.45. The van der Waals surface area contributed by atoms with Crippen LogP contribution in [-0.4, -0.2) is 27.0 Å². The minimum atomic E-state index is -0.191. The highest BCUT2D eigenvalue weighted by molar-refractivity contribution is 7.16. The summed E-state index contributed by atoms with van der Waals surface area (Å²) in [5.74, 6) is -0.191. The molecular weight excluding hydrogens is 324 g/mol. The van der Waals surface area contributed by atoms with Crippen molar-refractivity contribution in [2.24, 2.45) is 0 Å². The monoisotopic (exact) mass is 338 g/mol. The second kappa shape index (κ2) is 5.93. The minimum absolute atomic E-state index is 0.0823. The highest BCUT2D eigenvalue weighted by Crippen LogP contribution is 2.14. The average molecular weight is 338 g/mol. The number of para-hydroxylation sites is 1. The first-order valence-electron chi connectivity index (χ1n) is 7.51. The van der Waals surface area contributed by atoms with Crippen LogP contribution in [0.25, 0.3) is 21.1 Å². The van der Waals surface area contributed by atoms with E-state index in [-0.39, 0.29) is 11.5 Å². The molecule has 0 radical (unpaired) electrons. The average Bonchev–Trinajstić information content (AvgIpc) is 3.23. The molecule has 7 heteroatoms. The van der Waals surface area contributed by atoms with Gasteiger partial charge in [0.2, 0.25) is 0 Å². The van der Waals surface area contributed by atoms with Gasteiger partial charge in [0, 0.05) is 24.0 Å². The zero-order valence-corrected chi connectivity index (χ0v) is 13.5. The largest absolute Gasteiger partial charge is 0.351 e. The first kappa shape index (κ1) is 14.6. The highest BCUT2D eigenvalue weighted by atomic mass is 32.1. The molecule has 3 heterocycles. The Labute approximate surface area is 140 Å². The van der Waals surface area contributed by atoms with Crippen LogP contribution in [0.15, 0.2) is 52.9 Å². The molecule has 1 amide bonds.